The summed E-state index contributed by atoms with van der Waals surface area (Å²) in [5, 5.41) is 8.73. The van der Waals surface area contributed by atoms with Gasteiger partial charge in [0, 0.05) is 12.1 Å². The lowest BCUT2D eigenvalue weighted by atomic mass is 10.3. The van der Waals surface area contributed by atoms with E-state index in [0.717, 1.165) is 6.07 Å². The molecule has 1 unspecified atom stereocenters. The SMILES string of the molecule is O=C(O)c1cc(S(=O)(=O)NC2CCS(=O)(=O)C2)c(Br)o1. The molecule has 2 N–H and O–H groups in total. The van der Waals surface area contributed by atoms with Crippen molar-refractivity contribution in [1.82, 2.24) is 4.72 Å². The first kappa shape index (κ1) is 15.5. The van der Waals surface area contributed by atoms with Crippen molar-refractivity contribution in [2.45, 2.75) is 17.4 Å². The van der Waals surface area contributed by atoms with Crippen molar-refractivity contribution in [3.05, 3.63) is 16.5 Å². The first-order valence-electron chi connectivity index (χ1n) is 5.36. The Morgan fingerprint density at radius 2 is 2.15 bits per heavy atom. The van der Waals surface area contributed by atoms with Crippen molar-refractivity contribution >= 4 is 41.8 Å². The number of furan rings is 1. The summed E-state index contributed by atoms with van der Waals surface area (Å²) in [6.07, 6.45) is 0.183. The number of halogens is 1. The van der Waals surface area contributed by atoms with Gasteiger partial charge in [-0.15, -0.1) is 0 Å². The molecule has 1 aliphatic rings. The quantitative estimate of drug-likeness (QED) is 0.754. The predicted molar refractivity (Wildman–Crippen MR) is 70.7 cm³/mol. The fourth-order valence-corrected chi connectivity index (χ4v) is 5.80. The van der Waals surface area contributed by atoms with Gasteiger partial charge in [0.2, 0.25) is 15.8 Å². The normalized spacial score (nSPS) is 21.9. The monoisotopic (exact) mass is 387 g/mol. The minimum Gasteiger partial charge on any atom is -0.475 e. The van der Waals surface area contributed by atoms with Gasteiger partial charge in [0.25, 0.3) is 0 Å². The van der Waals surface area contributed by atoms with Crippen molar-refractivity contribution in [2.24, 2.45) is 0 Å². The van der Waals surface area contributed by atoms with Gasteiger partial charge in [0.05, 0.1) is 11.5 Å². The first-order valence-corrected chi connectivity index (χ1v) is 9.46. The average molecular weight is 388 g/mol. The smallest absolute Gasteiger partial charge is 0.371 e. The highest BCUT2D eigenvalue weighted by molar-refractivity contribution is 9.10. The molecule has 0 spiro atoms. The molecule has 2 heterocycles. The van der Waals surface area contributed by atoms with Crippen molar-refractivity contribution < 1.29 is 31.2 Å². The molecule has 11 heteroatoms. The Labute approximate surface area is 123 Å². The van der Waals surface area contributed by atoms with Crippen LogP contribution >= 0.6 is 15.9 Å². The van der Waals surface area contributed by atoms with Crippen LogP contribution < -0.4 is 4.72 Å². The largest absolute Gasteiger partial charge is 0.475 e. The molecule has 1 saturated heterocycles. The number of sulfonamides is 1. The number of hydrogen-bond acceptors (Lipinski definition) is 6. The Hall–Kier alpha value is -0.910. The summed E-state index contributed by atoms with van der Waals surface area (Å²) >= 11 is 2.83. The summed E-state index contributed by atoms with van der Waals surface area (Å²) in [4.78, 5) is 10.3. The van der Waals surface area contributed by atoms with Gasteiger partial charge in [0.1, 0.15) is 4.90 Å². The van der Waals surface area contributed by atoms with Crippen LogP contribution in [0.1, 0.15) is 17.0 Å². The lowest BCUT2D eigenvalue weighted by Gasteiger charge is -2.10. The Bertz CT molecular complexity index is 749. The van der Waals surface area contributed by atoms with E-state index in [4.69, 9.17) is 9.52 Å². The topological polar surface area (TPSA) is 131 Å². The predicted octanol–water partition coefficient (Wildman–Crippen LogP) is 0.206. The summed E-state index contributed by atoms with van der Waals surface area (Å²) < 4.78 is 53.4. The van der Waals surface area contributed by atoms with Crippen LogP contribution in [-0.2, 0) is 19.9 Å². The van der Waals surface area contributed by atoms with Gasteiger partial charge in [-0.05, 0) is 22.4 Å². The molecule has 1 atom stereocenters. The van der Waals surface area contributed by atoms with E-state index in [1.165, 1.54) is 0 Å². The molecular formula is C9H10BrNO7S2. The number of nitrogens with one attached hydrogen (secondary N) is 1. The molecule has 1 fully saturated rings. The van der Waals surface area contributed by atoms with Crippen LogP contribution in [0.5, 0.6) is 0 Å². The number of carboxylic acids is 1. The molecule has 1 aliphatic heterocycles. The maximum atomic E-state index is 12.1. The second kappa shape index (κ2) is 5.13. The van der Waals surface area contributed by atoms with Gasteiger partial charge in [-0.3, -0.25) is 0 Å². The summed E-state index contributed by atoms with van der Waals surface area (Å²) in [5.74, 6) is -2.28. The van der Waals surface area contributed by atoms with Gasteiger partial charge in [0.15, 0.2) is 14.5 Å². The van der Waals surface area contributed by atoms with Gasteiger partial charge in [-0.1, -0.05) is 0 Å². The summed E-state index contributed by atoms with van der Waals surface area (Å²) in [6, 6.07) is 0.137. The van der Waals surface area contributed by atoms with E-state index < -0.39 is 37.6 Å². The lowest BCUT2D eigenvalue weighted by Crippen LogP contribution is -2.35. The summed E-state index contributed by atoms with van der Waals surface area (Å²) in [5.41, 5.74) is 0. The van der Waals surface area contributed by atoms with Crippen molar-refractivity contribution in [3.8, 4) is 0 Å². The number of rotatable bonds is 4. The van der Waals surface area contributed by atoms with E-state index >= 15 is 0 Å². The average Bonchev–Trinajstić information content (AvgIpc) is 2.82. The van der Waals surface area contributed by atoms with Crippen LogP contribution in [0.25, 0.3) is 0 Å². The van der Waals surface area contributed by atoms with Crippen LogP contribution in [-0.4, -0.2) is 45.5 Å². The maximum absolute atomic E-state index is 12.1. The number of carbonyl (C=O) groups is 1. The maximum Gasteiger partial charge on any atom is 0.371 e. The summed E-state index contributed by atoms with van der Waals surface area (Å²) in [7, 11) is -7.28. The Balaban J connectivity index is 2.25. The molecule has 0 aromatic carbocycles. The highest BCUT2D eigenvalue weighted by atomic mass is 79.9. The number of sulfone groups is 1. The fraction of sp³-hybridized carbons (Fsp3) is 0.444. The third-order valence-electron chi connectivity index (χ3n) is 2.71. The third-order valence-corrected chi connectivity index (χ3v) is 6.86. The number of carboxylic acid groups (broad SMARTS) is 1. The second-order valence-electron chi connectivity index (χ2n) is 4.28. The second-order valence-corrected chi connectivity index (χ2v) is 8.91. The van der Waals surface area contributed by atoms with E-state index in [-0.39, 0.29) is 27.5 Å². The molecular weight excluding hydrogens is 378 g/mol. The van der Waals surface area contributed by atoms with Crippen molar-refractivity contribution in [3.63, 3.8) is 0 Å². The minimum atomic E-state index is -4.06. The molecule has 112 valence electrons. The van der Waals surface area contributed by atoms with Gasteiger partial charge < -0.3 is 9.52 Å². The molecule has 2 rings (SSSR count). The molecule has 0 saturated carbocycles. The van der Waals surface area contributed by atoms with E-state index in [0.29, 0.717) is 0 Å². The van der Waals surface area contributed by atoms with Crippen molar-refractivity contribution in [2.75, 3.05) is 11.5 Å². The van der Waals surface area contributed by atoms with Gasteiger partial charge >= 0.3 is 5.97 Å². The zero-order valence-corrected chi connectivity index (χ0v) is 13.1. The van der Waals surface area contributed by atoms with Crippen molar-refractivity contribution in [1.29, 1.82) is 0 Å². The molecule has 8 nitrogen and oxygen atoms in total. The highest BCUT2D eigenvalue weighted by Gasteiger charge is 2.33. The summed E-state index contributed by atoms with van der Waals surface area (Å²) in [6.45, 7) is 0. The van der Waals surface area contributed by atoms with Crippen LogP contribution in [0.2, 0.25) is 0 Å². The molecule has 1 aromatic heterocycles. The van der Waals surface area contributed by atoms with Crippen LogP contribution in [0.4, 0.5) is 0 Å². The zero-order valence-electron chi connectivity index (χ0n) is 9.87. The zero-order chi connectivity index (χ0) is 15.1. The molecule has 0 aliphatic carbocycles. The highest BCUT2D eigenvalue weighted by Crippen LogP contribution is 2.27. The van der Waals surface area contributed by atoms with Crippen LogP contribution in [0, 0.1) is 0 Å². The fourth-order valence-electron chi connectivity index (χ4n) is 1.81. The van der Waals surface area contributed by atoms with E-state index in [2.05, 4.69) is 20.7 Å². The molecule has 20 heavy (non-hydrogen) atoms. The van der Waals surface area contributed by atoms with E-state index in [1.54, 1.807) is 0 Å². The molecule has 0 radical (unpaired) electrons. The van der Waals surface area contributed by atoms with Crippen LogP contribution in [0.15, 0.2) is 20.0 Å². The standard InChI is InChI=1S/C9H10BrNO7S2/c10-8-7(3-6(18-8)9(12)13)20(16,17)11-5-1-2-19(14,15)4-5/h3,5,11H,1-2,4H2,(H,12,13). The van der Waals surface area contributed by atoms with E-state index in [1.807, 2.05) is 0 Å². The first-order chi connectivity index (χ1) is 9.11. The lowest BCUT2D eigenvalue weighted by molar-refractivity contribution is 0.0661. The number of hydrogen-bond donors (Lipinski definition) is 2. The molecule has 1 aromatic rings. The van der Waals surface area contributed by atoms with Gasteiger partial charge in [-0.25, -0.2) is 26.4 Å². The van der Waals surface area contributed by atoms with E-state index in [9.17, 15) is 21.6 Å². The molecule has 0 bridgehead atoms. The van der Waals surface area contributed by atoms with Crippen LogP contribution in [0.3, 0.4) is 0 Å². The Morgan fingerprint density at radius 3 is 2.60 bits per heavy atom. The number of aromatic carboxylic acids is 1. The minimum absolute atomic E-state index is 0.0763. The third kappa shape index (κ3) is 3.22. The Morgan fingerprint density at radius 1 is 1.50 bits per heavy atom. The Kier molecular flexibility index (Phi) is 3.97. The van der Waals surface area contributed by atoms with Gasteiger partial charge in [-0.2, -0.15) is 0 Å². The molecule has 0 amide bonds.